The van der Waals surface area contributed by atoms with E-state index in [0.29, 0.717) is 16.9 Å². The molecule has 0 fully saturated rings. The molecule has 82 valence electrons. The summed E-state index contributed by atoms with van der Waals surface area (Å²) in [4.78, 5) is 11.4. The van der Waals surface area contributed by atoms with Gasteiger partial charge in [-0.25, -0.2) is 10.6 Å². The SMILES string of the molecule is COC(=O)c1ccc(C)c(N)c1N(C)N. The van der Waals surface area contributed by atoms with E-state index in [1.165, 1.54) is 12.1 Å². The van der Waals surface area contributed by atoms with Crippen molar-refractivity contribution in [1.29, 1.82) is 0 Å². The Bertz CT molecular complexity index is 388. The minimum absolute atomic E-state index is 0.366. The van der Waals surface area contributed by atoms with Crippen molar-refractivity contribution in [2.45, 2.75) is 6.92 Å². The number of ether oxygens (including phenoxy) is 1. The van der Waals surface area contributed by atoms with Crippen molar-refractivity contribution in [1.82, 2.24) is 0 Å². The minimum atomic E-state index is -0.450. The molecule has 0 aromatic heterocycles. The van der Waals surface area contributed by atoms with Gasteiger partial charge in [0.15, 0.2) is 0 Å². The highest BCUT2D eigenvalue weighted by atomic mass is 16.5. The monoisotopic (exact) mass is 209 g/mol. The maximum absolute atomic E-state index is 11.4. The summed E-state index contributed by atoms with van der Waals surface area (Å²) >= 11 is 0. The molecule has 0 aliphatic rings. The molecule has 0 aliphatic heterocycles. The standard InChI is InChI=1S/C10H15N3O2/c1-6-4-5-7(10(14)15-3)9(8(6)11)13(2)12/h4-5H,11-12H2,1-3H3. The third-order valence-electron chi connectivity index (χ3n) is 2.19. The Morgan fingerprint density at radius 3 is 2.53 bits per heavy atom. The van der Waals surface area contributed by atoms with E-state index < -0.39 is 5.97 Å². The molecule has 1 aromatic carbocycles. The molecule has 0 radical (unpaired) electrons. The van der Waals surface area contributed by atoms with Gasteiger partial charge < -0.3 is 15.5 Å². The van der Waals surface area contributed by atoms with Gasteiger partial charge in [-0.05, 0) is 18.6 Å². The fraction of sp³-hybridized carbons (Fsp3) is 0.300. The molecule has 0 atom stereocenters. The number of methoxy groups -OCH3 is 1. The number of benzene rings is 1. The van der Waals surface area contributed by atoms with Gasteiger partial charge in [0.05, 0.1) is 24.0 Å². The zero-order valence-electron chi connectivity index (χ0n) is 9.07. The van der Waals surface area contributed by atoms with Crippen LogP contribution in [0.15, 0.2) is 12.1 Å². The first-order chi connectivity index (χ1) is 6.99. The van der Waals surface area contributed by atoms with Crippen molar-refractivity contribution in [3.63, 3.8) is 0 Å². The highest BCUT2D eigenvalue weighted by molar-refractivity contribution is 5.99. The molecule has 0 saturated carbocycles. The molecule has 0 heterocycles. The van der Waals surface area contributed by atoms with Crippen molar-refractivity contribution in [2.75, 3.05) is 24.9 Å². The van der Waals surface area contributed by atoms with Crippen molar-refractivity contribution in [3.05, 3.63) is 23.3 Å². The van der Waals surface area contributed by atoms with Gasteiger partial charge in [-0.15, -0.1) is 0 Å². The Morgan fingerprint density at radius 1 is 1.47 bits per heavy atom. The Kier molecular flexibility index (Phi) is 3.16. The van der Waals surface area contributed by atoms with E-state index in [1.807, 2.05) is 6.92 Å². The largest absolute Gasteiger partial charge is 0.465 e. The number of nitrogens with zero attached hydrogens (tertiary/aromatic N) is 1. The summed E-state index contributed by atoms with van der Waals surface area (Å²) in [6.45, 7) is 1.85. The van der Waals surface area contributed by atoms with Gasteiger partial charge in [-0.1, -0.05) is 6.07 Å². The van der Waals surface area contributed by atoms with E-state index >= 15 is 0 Å². The van der Waals surface area contributed by atoms with Gasteiger partial charge in [-0.2, -0.15) is 0 Å². The van der Waals surface area contributed by atoms with Gasteiger partial charge in [0.1, 0.15) is 0 Å². The smallest absolute Gasteiger partial charge is 0.340 e. The molecule has 0 saturated heterocycles. The van der Waals surface area contributed by atoms with E-state index in [0.717, 1.165) is 5.56 Å². The minimum Gasteiger partial charge on any atom is -0.465 e. The van der Waals surface area contributed by atoms with E-state index in [9.17, 15) is 4.79 Å². The zero-order valence-corrected chi connectivity index (χ0v) is 9.07. The molecule has 15 heavy (non-hydrogen) atoms. The number of hydrogen-bond acceptors (Lipinski definition) is 5. The summed E-state index contributed by atoms with van der Waals surface area (Å²) < 4.78 is 4.65. The molecule has 0 unspecified atom stereocenters. The van der Waals surface area contributed by atoms with Crippen LogP contribution < -0.4 is 16.6 Å². The van der Waals surface area contributed by atoms with Crippen LogP contribution in [-0.4, -0.2) is 20.1 Å². The van der Waals surface area contributed by atoms with Crippen LogP contribution in [0.25, 0.3) is 0 Å². The fourth-order valence-corrected chi connectivity index (χ4v) is 1.36. The quantitative estimate of drug-likeness (QED) is 0.324. The van der Waals surface area contributed by atoms with Gasteiger partial charge in [0.25, 0.3) is 0 Å². The third-order valence-corrected chi connectivity index (χ3v) is 2.19. The number of rotatable bonds is 2. The van der Waals surface area contributed by atoms with Crippen molar-refractivity contribution < 1.29 is 9.53 Å². The highest BCUT2D eigenvalue weighted by Crippen LogP contribution is 2.29. The van der Waals surface area contributed by atoms with Crippen LogP contribution in [0.5, 0.6) is 0 Å². The van der Waals surface area contributed by atoms with Crippen molar-refractivity contribution >= 4 is 17.3 Å². The zero-order chi connectivity index (χ0) is 11.6. The molecule has 0 amide bonds. The third kappa shape index (κ3) is 2.02. The summed E-state index contributed by atoms with van der Waals surface area (Å²) in [6.07, 6.45) is 0. The molecule has 5 heteroatoms. The lowest BCUT2D eigenvalue weighted by atomic mass is 10.1. The van der Waals surface area contributed by atoms with E-state index in [4.69, 9.17) is 11.6 Å². The van der Waals surface area contributed by atoms with Crippen molar-refractivity contribution in [2.24, 2.45) is 5.84 Å². The van der Waals surface area contributed by atoms with Gasteiger partial charge in [0.2, 0.25) is 0 Å². The molecule has 4 N–H and O–H groups in total. The summed E-state index contributed by atoms with van der Waals surface area (Å²) in [5, 5.41) is 1.31. The Balaban J connectivity index is 3.40. The van der Waals surface area contributed by atoms with Crippen molar-refractivity contribution in [3.8, 4) is 0 Å². The molecule has 0 bridgehead atoms. The van der Waals surface area contributed by atoms with Crippen LogP contribution in [0, 0.1) is 6.92 Å². The number of carbonyl (C=O) groups is 1. The fourth-order valence-electron chi connectivity index (χ4n) is 1.36. The molecule has 5 nitrogen and oxygen atoms in total. The number of esters is 1. The molecular formula is C10H15N3O2. The molecule has 1 aromatic rings. The molecule has 1 rings (SSSR count). The lowest BCUT2D eigenvalue weighted by Crippen LogP contribution is -2.28. The van der Waals surface area contributed by atoms with Crippen LogP contribution >= 0.6 is 0 Å². The van der Waals surface area contributed by atoms with E-state index in [2.05, 4.69) is 4.74 Å². The first-order valence-corrected chi connectivity index (χ1v) is 4.44. The number of anilines is 2. The van der Waals surface area contributed by atoms with Crippen LogP contribution in [0.4, 0.5) is 11.4 Å². The number of hydrazine groups is 1. The summed E-state index contributed by atoms with van der Waals surface area (Å²) in [5.41, 5.74) is 8.06. The topological polar surface area (TPSA) is 81.6 Å². The number of nitrogen functional groups attached to an aromatic ring is 1. The average molecular weight is 209 g/mol. The Labute approximate surface area is 88.6 Å². The highest BCUT2D eigenvalue weighted by Gasteiger charge is 2.17. The van der Waals surface area contributed by atoms with Crippen LogP contribution in [0.1, 0.15) is 15.9 Å². The normalized spacial score (nSPS) is 9.87. The second-order valence-electron chi connectivity index (χ2n) is 3.29. The van der Waals surface area contributed by atoms with Gasteiger partial charge >= 0.3 is 5.97 Å². The number of carbonyl (C=O) groups excluding carboxylic acids is 1. The maximum Gasteiger partial charge on any atom is 0.340 e. The first kappa shape index (κ1) is 11.3. The van der Waals surface area contributed by atoms with E-state index in [1.54, 1.807) is 19.2 Å². The average Bonchev–Trinajstić information content (AvgIpc) is 2.20. The number of nitrogens with two attached hydrogens (primary N) is 2. The predicted molar refractivity (Wildman–Crippen MR) is 59.5 cm³/mol. The molecule has 0 aliphatic carbocycles. The van der Waals surface area contributed by atoms with Crippen LogP contribution in [-0.2, 0) is 4.74 Å². The Hall–Kier alpha value is -1.75. The lowest BCUT2D eigenvalue weighted by molar-refractivity contribution is 0.0601. The summed E-state index contributed by atoms with van der Waals surface area (Å²) in [5.74, 6) is 5.17. The molecule has 0 spiro atoms. The Morgan fingerprint density at radius 2 is 2.07 bits per heavy atom. The van der Waals surface area contributed by atoms with Crippen LogP contribution in [0.3, 0.4) is 0 Å². The maximum atomic E-state index is 11.4. The number of aryl methyl sites for hydroxylation is 1. The summed E-state index contributed by atoms with van der Waals surface area (Å²) in [6, 6.07) is 3.41. The number of hydrogen-bond donors (Lipinski definition) is 2. The second-order valence-corrected chi connectivity index (χ2v) is 3.29. The first-order valence-electron chi connectivity index (χ1n) is 4.44. The predicted octanol–water partition coefficient (Wildman–Crippen LogP) is 0.674. The van der Waals surface area contributed by atoms with Crippen LogP contribution in [0.2, 0.25) is 0 Å². The lowest BCUT2D eigenvalue weighted by Gasteiger charge is -2.19. The summed E-state index contributed by atoms with van der Waals surface area (Å²) in [7, 11) is 2.94. The molecular weight excluding hydrogens is 194 g/mol. The van der Waals surface area contributed by atoms with Gasteiger partial charge in [0, 0.05) is 7.05 Å². The second kappa shape index (κ2) is 4.18. The van der Waals surface area contributed by atoms with Gasteiger partial charge in [-0.3, -0.25) is 0 Å². The van der Waals surface area contributed by atoms with E-state index in [-0.39, 0.29) is 0 Å².